The third kappa shape index (κ3) is 1.39. The Bertz CT molecular complexity index is 407. The van der Waals surface area contributed by atoms with Gasteiger partial charge in [0.15, 0.2) is 0 Å². The highest BCUT2D eigenvalue weighted by Crippen LogP contribution is 2.36. The van der Waals surface area contributed by atoms with Crippen molar-refractivity contribution in [1.82, 2.24) is 4.31 Å². The van der Waals surface area contributed by atoms with E-state index in [9.17, 15) is 13.5 Å². The number of thiophene rings is 1. The highest BCUT2D eigenvalue weighted by atomic mass is 32.2. The number of hydrogen-bond donors (Lipinski definition) is 1. The van der Waals surface area contributed by atoms with Crippen LogP contribution in [0.5, 0.6) is 0 Å². The maximum atomic E-state index is 11.6. The second-order valence-corrected chi connectivity index (χ2v) is 6.20. The first-order valence-corrected chi connectivity index (χ1v) is 6.05. The van der Waals surface area contributed by atoms with Crippen LogP contribution in [-0.4, -0.2) is 30.1 Å². The highest BCUT2D eigenvalue weighted by molar-refractivity contribution is 7.91. The number of sulfonamides is 1. The lowest BCUT2D eigenvalue weighted by molar-refractivity contribution is 0.137. The lowest BCUT2D eigenvalue weighted by Gasteiger charge is -2.04. The molecule has 1 aliphatic heterocycles. The molecule has 1 aliphatic rings. The van der Waals surface area contributed by atoms with E-state index in [0.717, 1.165) is 15.6 Å². The summed E-state index contributed by atoms with van der Waals surface area (Å²) in [6, 6.07) is 3.21. The van der Waals surface area contributed by atoms with Gasteiger partial charge in [-0.1, -0.05) is 6.07 Å². The molecule has 72 valence electrons. The van der Waals surface area contributed by atoms with E-state index in [1.807, 2.05) is 0 Å². The predicted octanol–water partition coefficient (Wildman–Crippen LogP) is 0.461. The highest BCUT2D eigenvalue weighted by Gasteiger charge is 2.54. The molecule has 1 saturated heterocycles. The average molecular weight is 219 g/mol. The van der Waals surface area contributed by atoms with Gasteiger partial charge in [-0.15, -0.1) is 11.3 Å². The summed E-state index contributed by atoms with van der Waals surface area (Å²) in [5.74, 6) is 0. The van der Waals surface area contributed by atoms with Crippen molar-refractivity contribution < 1.29 is 13.5 Å². The first-order valence-electron chi connectivity index (χ1n) is 3.73. The third-order valence-corrected chi connectivity index (χ3v) is 5.25. The van der Waals surface area contributed by atoms with Crippen LogP contribution in [0.1, 0.15) is 6.92 Å². The molecule has 0 saturated carbocycles. The first-order chi connectivity index (χ1) is 5.94. The molecule has 1 fully saturated rings. The Morgan fingerprint density at radius 1 is 1.69 bits per heavy atom. The van der Waals surface area contributed by atoms with Gasteiger partial charge in [-0.3, -0.25) is 0 Å². The van der Waals surface area contributed by atoms with Gasteiger partial charge in [-0.2, -0.15) is 4.31 Å². The van der Waals surface area contributed by atoms with Crippen LogP contribution in [0.15, 0.2) is 21.7 Å². The summed E-state index contributed by atoms with van der Waals surface area (Å²) < 4.78 is 24.7. The molecule has 2 atom stereocenters. The fraction of sp³-hybridized carbons (Fsp3) is 0.429. The Balaban J connectivity index is 2.35. The molecule has 1 aromatic rings. The largest absolute Gasteiger partial charge is 0.374 e. The molecule has 0 radical (unpaired) electrons. The van der Waals surface area contributed by atoms with E-state index in [1.165, 1.54) is 13.0 Å². The van der Waals surface area contributed by atoms with Crippen LogP contribution < -0.4 is 0 Å². The Kier molecular flexibility index (Phi) is 1.78. The Hall–Kier alpha value is -0.430. The van der Waals surface area contributed by atoms with Gasteiger partial charge in [0.2, 0.25) is 0 Å². The summed E-state index contributed by atoms with van der Waals surface area (Å²) in [7, 11) is -3.43. The van der Waals surface area contributed by atoms with Crippen molar-refractivity contribution in [2.75, 3.05) is 6.54 Å². The van der Waals surface area contributed by atoms with Gasteiger partial charge in [-0.05, 0) is 18.4 Å². The second-order valence-electron chi connectivity index (χ2n) is 3.16. The van der Waals surface area contributed by atoms with E-state index in [4.69, 9.17) is 0 Å². The lowest BCUT2D eigenvalue weighted by atomic mass is 10.5. The SMILES string of the molecule is CC1(O)CN1S(=O)(=O)c1cccs1. The smallest absolute Gasteiger partial charge is 0.255 e. The zero-order valence-electron chi connectivity index (χ0n) is 6.97. The maximum absolute atomic E-state index is 11.6. The normalized spacial score (nSPS) is 33.2. The zero-order chi connectivity index (χ0) is 9.69. The zero-order valence-corrected chi connectivity index (χ0v) is 8.60. The van der Waals surface area contributed by atoms with E-state index in [-0.39, 0.29) is 10.8 Å². The van der Waals surface area contributed by atoms with Crippen LogP contribution in [0.3, 0.4) is 0 Å². The molecular weight excluding hydrogens is 210 g/mol. The summed E-state index contributed by atoms with van der Waals surface area (Å²) in [5.41, 5.74) is -1.18. The number of aliphatic hydroxyl groups is 1. The number of nitrogens with zero attached hydrogens (tertiary/aromatic N) is 1. The van der Waals surface area contributed by atoms with Crippen molar-refractivity contribution >= 4 is 21.4 Å². The Morgan fingerprint density at radius 2 is 2.31 bits per heavy atom. The molecule has 0 spiro atoms. The molecule has 0 bridgehead atoms. The lowest BCUT2D eigenvalue weighted by Crippen LogP contribution is -2.19. The maximum Gasteiger partial charge on any atom is 0.255 e. The average Bonchev–Trinajstić information content (AvgIpc) is 2.56. The standard InChI is InChI=1S/C7H9NO3S2/c1-7(9)5-8(7)13(10,11)6-3-2-4-12-6/h2-4,9H,5H2,1H3. The molecule has 6 heteroatoms. The fourth-order valence-electron chi connectivity index (χ4n) is 1.10. The first kappa shape index (κ1) is 9.14. The molecule has 0 aromatic carbocycles. The van der Waals surface area contributed by atoms with Crippen LogP contribution in [0.4, 0.5) is 0 Å². The quantitative estimate of drug-likeness (QED) is 0.735. The van der Waals surface area contributed by atoms with Gasteiger partial charge in [0, 0.05) is 0 Å². The molecule has 2 heterocycles. The van der Waals surface area contributed by atoms with E-state index >= 15 is 0 Å². The van der Waals surface area contributed by atoms with Crippen molar-refractivity contribution in [1.29, 1.82) is 0 Å². The van der Waals surface area contributed by atoms with Crippen LogP contribution in [0, 0.1) is 0 Å². The van der Waals surface area contributed by atoms with Crippen LogP contribution in [-0.2, 0) is 10.0 Å². The molecule has 1 N–H and O–H groups in total. The summed E-state index contributed by atoms with van der Waals surface area (Å²) in [4.78, 5) is 0. The Morgan fingerprint density at radius 3 is 2.69 bits per heavy atom. The van der Waals surface area contributed by atoms with Crippen LogP contribution in [0.25, 0.3) is 0 Å². The Labute approximate surface area is 80.5 Å². The molecule has 2 rings (SSSR count). The van der Waals surface area contributed by atoms with Crippen molar-refractivity contribution in [3.05, 3.63) is 17.5 Å². The topological polar surface area (TPSA) is 57.4 Å². The summed E-state index contributed by atoms with van der Waals surface area (Å²) >= 11 is 1.16. The van der Waals surface area contributed by atoms with Gasteiger partial charge < -0.3 is 5.11 Å². The van der Waals surface area contributed by atoms with Gasteiger partial charge in [0.1, 0.15) is 9.93 Å². The van der Waals surface area contributed by atoms with Gasteiger partial charge in [0.05, 0.1) is 6.54 Å². The minimum Gasteiger partial charge on any atom is -0.374 e. The second kappa shape index (κ2) is 2.54. The predicted molar refractivity (Wildman–Crippen MR) is 48.8 cm³/mol. The van der Waals surface area contributed by atoms with Crippen molar-refractivity contribution in [3.8, 4) is 0 Å². The molecule has 0 amide bonds. The summed E-state index contributed by atoms with van der Waals surface area (Å²) in [6.45, 7) is 1.67. The summed E-state index contributed by atoms with van der Waals surface area (Å²) in [6.07, 6.45) is 0. The fourth-order valence-corrected chi connectivity index (χ4v) is 3.87. The number of β-amino-alcohol motifs (C(OH)–C–C–N with tert-alkyl or cyclic N) is 1. The molecule has 1 aromatic heterocycles. The number of hydrogen-bond acceptors (Lipinski definition) is 4. The van der Waals surface area contributed by atoms with Gasteiger partial charge in [0.25, 0.3) is 10.0 Å². The molecule has 13 heavy (non-hydrogen) atoms. The molecule has 2 unspecified atom stereocenters. The molecule has 0 aliphatic carbocycles. The van der Waals surface area contributed by atoms with E-state index in [1.54, 1.807) is 11.4 Å². The van der Waals surface area contributed by atoms with Gasteiger partial charge >= 0.3 is 0 Å². The minimum absolute atomic E-state index is 0.188. The number of rotatable bonds is 2. The van der Waals surface area contributed by atoms with E-state index < -0.39 is 15.7 Å². The van der Waals surface area contributed by atoms with Gasteiger partial charge in [-0.25, -0.2) is 8.42 Å². The monoisotopic (exact) mass is 219 g/mol. The van der Waals surface area contributed by atoms with E-state index in [0.29, 0.717) is 0 Å². The minimum atomic E-state index is -3.43. The van der Waals surface area contributed by atoms with Crippen molar-refractivity contribution in [2.45, 2.75) is 16.9 Å². The van der Waals surface area contributed by atoms with Crippen LogP contribution >= 0.6 is 11.3 Å². The van der Waals surface area contributed by atoms with E-state index in [2.05, 4.69) is 0 Å². The van der Waals surface area contributed by atoms with Crippen molar-refractivity contribution in [2.24, 2.45) is 0 Å². The van der Waals surface area contributed by atoms with Crippen molar-refractivity contribution in [3.63, 3.8) is 0 Å². The van der Waals surface area contributed by atoms with Crippen LogP contribution in [0.2, 0.25) is 0 Å². The molecular formula is C7H9NO3S2. The molecule has 4 nitrogen and oxygen atoms in total. The summed E-state index contributed by atoms with van der Waals surface area (Å²) in [5, 5.41) is 11.1. The third-order valence-electron chi connectivity index (χ3n) is 1.92.